The van der Waals surface area contributed by atoms with Gasteiger partial charge in [-0.2, -0.15) is 0 Å². The minimum atomic E-state index is 0.748. The largest absolute Gasteiger partial charge is 0.330 e. The molecule has 2 aromatic rings. The first-order valence-electron chi connectivity index (χ1n) is 7.71. The standard InChI is InChI=1S/C19H26N2/c1-16-11-17(2)13-19(12-16)15-21(10-6-9-20)14-18-7-4-3-5-8-18/h3-5,7-8,11-13H,6,9-10,14-15,20H2,1-2H3. The maximum Gasteiger partial charge on any atom is 0.0237 e. The van der Waals surface area contributed by atoms with E-state index in [1.807, 2.05) is 0 Å². The minimum absolute atomic E-state index is 0.748. The second-order valence-electron chi connectivity index (χ2n) is 5.83. The summed E-state index contributed by atoms with van der Waals surface area (Å²) in [6.07, 6.45) is 1.04. The SMILES string of the molecule is Cc1cc(C)cc(CN(CCCN)Cc2ccccc2)c1. The van der Waals surface area contributed by atoms with Crippen molar-refractivity contribution in [2.75, 3.05) is 13.1 Å². The van der Waals surface area contributed by atoms with Crippen LogP contribution >= 0.6 is 0 Å². The molecule has 0 unspecified atom stereocenters. The maximum absolute atomic E-state index is 5.69. The van der Waals surface area contributed by atoms with Gasteiger partial charge < -0.3 is 5.73 Å². The van der Waals surface area contributed by atoms with Crippen LogP contribution in [-0.2, 0) is 13.1 Å². The van der Waals surface area contributed by atoms with Crippen molar-refractivity contribution in [2.45, 2.75) is 33.4 Å². The van der Waals surface area contributed by atoms with Gasteiger partial charge in [0.15, 0.2) is 0 Å². The average Bonchev–Trinajstić information content (AvgIpc) is 2.45. The Kier molecular flexibility index (Phi) is 5.97. The molecule has 0 fully saturated rings. The van der Waals surface area contributed by atoms with E-state index < -0.39 is 0 Å². The summed E-state index contributed by atoms with van der Waals surface area (Å²) in [5, 5.41) is 0. The number of nitrogens with two attached hydrogens (primary N) is 1. The molecule has 0 aliphatic carbocycles. The zero-order valence-corrected chi connectivity index (χ0v) is 13.2. The van der Waals surface area contributed by atoms with Crippen LogP contribution < -0.4 is 5.73 Å². The van der Waals surface area contributed by atoms with Crippen molar-refractivity contribution in [3.05, 3.63) is 70.8 Å². The Morgan fingerprint density at radius 2 is 1.48 bits per heavy atom. The topological polar surface area (TPSA) is 29.3 Å². The fourth-order valence-electron chi connectivity index (χ4n) is 2.79. The molecule has 2 N–H and O–H groups in total. The van der Waals surface area contributed by atoms with Crippen molar-refractivity contribution < 1.29 is 0 Å². The molecule has 0 saturated heterocycles. The fraction of sp³-hybridized carbons (Fsp3) is 0.368. The van der Waals surface area contributed by atoms with Crippen molar-refractivity contribution in [3.8, 4) is 0 Å². The summed E-state index contributed by atoms with van der Waals surface area (Å²) in [4.78, 5) is 2.48. The lowest BCUT2D eigenvalue weighted by Gasteiger charge is -2.23. The van der Waals surface area contributed by atoms with E-state index >= 15 is 0 Å². The van der Waals surface area contributed by atoms with Crippen LogP contribution in [0.5, 0.6) is 0 Å². The highest BCUT2D eigenvalue weighted by atomic mass is 15.1. The number of nitrogens with zero attached hydrogens (tertiary/aromatic N) is 1. The summed E-state index contributed by atoms with van der Waals surface area (Å²) >= 11 is 0. The molecule has 0 aromatic heterocycles. The molecule has 21 heavy (non-hydrogen) atoms. The normalized spacial score (nSPS) is 11.0. The third-order valence-electron chi connectivity index (χ3n) is 3.62. The van der Waals surface area contributed by atoms with Crippen molar-refractivity contribution >= 4 is 0 Å². The number of hydrogen-bond acceptors (Lipinski definition) is 2. The lowest BCUT2D eigenvalue weighted by molar-refractivity contribution is 0.255. The lowest BCUT2D eigenvalue weighted by Crippen LogP contribution is -2.25. The van der Waals surface area contributed by atoms with Gasteiger partial charge in [0, 0.05) is 19.6 Å². The molecule has 0 saturated carbocycles. The third kappa shape index (κ3) is 5.33. The molecule has 2 heteroatoms. The van der Waals surface area contributed by atoms with Crippen molar-refractivity contribution in [1.29, 1.82) is 0 Å². The monoisotopic (exact) mass is 282 g/mol. The van der Waals surface area contributed by atoms with Gasteiger partial charge in [-0.05, 0) is 37.9 Å². The molecule has 0 aliphatic heterocycles. The Morgan fingerprint density at radius 1 is 0.857 bits per heavy atom. The summed E-state index contributed by atoms with van der Waals surface area (Å²) in [6.45, 7) is 8.08. The van der Waals surface area contributed by atoms with Crippen LogP contribution in [-0.4, -0.2) is 18.0 Å². The summed E-state index contributed by atoms with van der Waals surface area (Å²) in [7, 11) is 0. The van der Waals surface area contributed by atoms with Crippen LogP contribution in [0.3, 0.4) is 0 Å². The van der Waals surface area contributed by atoms with Crippen LogP contribution in [0.4, 0.5) is 0 Å². The van der Waals surface area contributed by atoms with Crippen molar-refractivity contribution in [2.24, 2.45) is 5.73 Å². The summed E-state index contributed by atoms with van der Waals surface area (Å²) < 4.78 is 0. The van der Waals surface area contributed by atoms with E-state index in [2.05, 4.69) is 67.3 Å². The molecular formula is C19H26N2. The van der Waals surface area contributed by atoms with E-state index in [1.54, 1.807) is 0 Å². The number of rotatable bonds is 7. The summed E-state index contributed by atoms with van der Waals surface area (Å²) in [5.74, 6) is 0. The van der Waals surface area contributed by atoms with E-state index in [-0.39, 0.29) is 0 Å². The Balaban J connectivity index is 2.08. The highest BCUT2D eigenvalue weighted by Gasteiger charge is 2.07. The zero-order chi connectivity index (χ0) is 15.1. The number of hydrogen-bond donors (Lipinski definition) is 1. The predicted octanol–water partition coefficient (Wildman–Crippen LogP) is 3.65. The average molecular weight is 282 g/mol. The molecule has 0 spiro atoms. The van der Waals surface area contributed by atoms with Crippen LogP contribution in [0.1, 0.15) is 28.7 Å². The molecule has 0 aliphatic rings. The molecule has 0 radical (unpaired) electrons. The molecule has 0 heterocycles. The zero-order valence-electron chi connectivity index (χ0n) is 13.2. The van der Waals surface area contributed by atoms with Gasteiger partial charge in [0.25, 0.3) is 0 Å². The molecule has 112 valence electrons. The van der Waals surface area contributed by atoms with Gasteiger partial charge in [-0.15, -0.1) is 0 Å². The molecule has 2 aromatic carbocycles. The second kappa shape index (κ2) is 7.96. The van der Waals surface area contributed by atoms with Gasteiger partial charge in [0.2, 0.25) is 0 Å². The second-order valence-corrected chi connectivity index (χ2v) is 5.83. The first-order chi connectivity index (χ1) is 10.2. The lowest BCUT2D eigenvalue weighted by atomic mass is 10.1. The van der Waals surface area contributed by atoms with E-state index in [1.165, 1.54) is 22.3 Å². The van der Waals surface area contributed by atoms with E-state index in [0.29, 0.717) is 0 Å². The van der Waals surface area contributed by atoms with Gasteiger partial charge in [-0.25, -0.2) is 0 Å². The van der Waals surface area contributed by atoms with Crippen molar-refractivity contribution in [3.63, 3.8) is 0 Å². The van der Waals surface area contributed by atoms with E-state index in [9.17, 15) is 0 Å². The third-order valence-corrected chi connectivity index (χ3v) is 3.62. The van der Waals surface area contributed by atoms with Gasteiger partial charge in [0.1, 0.15) is 0 Å². The Morgan fingerprint density at radius 3 is 2.10 bits per heavy atom. The molecule has 0 bridgehead atoms. The number of aryl methyl sites for hydroxylation is 2. The van der Waals surface area contributed by atoms with Crippen LogP contribution in [0, 0.1) is 13.8 Å². The van der Waals surface area contributed by atoms with E-state index in [0.717, 1.165) is 32.6 Å². The highest BCUT2D eigenvalue weighted by Crippen LogP contribution is 2.14. The molecule has 2 nitrogen and oxygen atoms in total. The molecule has 0 atom stereocenters. The van der Waals surface area contributed by atoms with Crippen LogP contribution in [0.2, 0.25) is 0 Å². The van der Waals surface area contributed by atoms with Gasteiger partial charge in [0.05, 0.1) is 0 Å². The molecule has 2 rings (SSSR count). The number of benzene rings is 2. The highest BCUT2D eigenvalue weighted by molar-refractivity contribution is 5.28. The van der Waals surface area contributed by atoms with Gasteiger partial charge in [-0.3, -0.25) is 4.90 Å². The quantitative estimate of drug-likeness (QED) is 0.840. The maximum atomic E-state index is 5.69. The Hall–Kier alpha value is -1.64. The first-order valence-corrected chi connectivity index (χ1v) is 7.71. The predicted molar refractivity (Wildman–Crippen MR) is 90.1 cm³/mol. The first kappa shape index (κ1) is 15.7. The fourth-order valence-corrected chi connectivity index (χ4v) is 2.79. The van der Waals surface area contributed by atoms with Crippen LogP contribution in [0.25, 0.3) is 0 Å². The molecule has 0 amide bonds. The van der Waals surface area contributed by atoms with Gasteiger partial charge >= 0.3 is 0 Å². The Labute approximate surface area is 128 Å². The van der Waals surface area contributed by atoms with E-state index in [4.69, 9.17) is 5.73 Å². The van der Waals surface area contributed by atoms with Gasteiger partial charge in [-0.1, -0.05) is 59.7 Å². The molecular weight excluding hydrogens is 256 g/mol. The minimum Gasteiger partial charge on any atom is -0.330 e. The summed E-state index contributed by atoms with van der Waals surface area (Å²) in [5.41, 5.74) is 11.1. The van der Waals surface area contributed by atoms with Crippen LogP contribution in [0.15, 0.2) is 48.5 Å². The Bertz CT molecular complexity index is 528. The van der Waals surface area contributed by atoms with Crippen molar-refractivity contribution in [1.82, 2.24) is 4.90 Å². The summed E-state index contributed by atoms with van der Waals surface area (Å²) in [6, 6.07) is 17.5. The smallest absolute Gasteiger partial charge is 0.0237 e.